The Morgan fingerprint density at radius 3 is 1.50 bits per heavy atom. The maximum Gasteiger partial charge on any atom is 0.164 e. The van der Waals surface area contributed by atoms with Gasteiger partial charge >= 0.3 is 0 Å². The number of benzene rings is 8. The van der Waals surface area contributed by atoms with Gasteiger partial charge in [0.25, 0.3) is 0 Å². The van der Waals surface area contributed by atoms with Gasteiger partial charge in [0.2, 0.25) is 0 Å². The molecule has 0 aliphatic carbocycles. The van der Waals surface area contributed by atoms with E-state index in [4.69, 9.17) is 15.0 Å². The minimum Gasteiger partial charge on any atom is -0.309 e. The summed E-state index contributed by atoms with van der Waals surface area (Å²) in [5.74, 6) is 1.99. The van der Waals surface area contributed by atoms with Gasteiger partial charge in [0.15, 0.2) is 17.5 Å². The van der Waals surface area contributed by atoms with E-state index in [9.17, 15) is 0 Å². The number of aromatic nitrogens is 4. The van der Waals surface area contributed by atoms with E-state index in [0.29, 0.717) is 17.5 Å². The summed E-state index contributed by atoms with van der Waals surface area (Å²) in [6, 6.07) is 68.8. The van der Waals surface area contributed by atoms with Crippen molar-refractivity contribution in [1.82, 2.24) is 19.5 Å². The van der Waals surface area contributed by atoms with Gasteiger partial charge in [-0.1, -0.05) is 140 Å². The van der Waals surface area contributed by atoms with Crippen LogP contribution in [0, 0.1) is 0 Å². The number of para-hydroxylation sites is 1. The lowest BCUT2D eigenvalue weighted by molar-refractivity contribution is 1.07. The van der Waals surface area contributed by atoms with E-state index in [1.165, 1.54) is 64.2 Å². The van der Waals surface area contributed by atoms with Crippen LogP contribution < -0.4 is 0 Å². The molecule has 11 rings (SSSR count). The average molecular weight is 733 g/mol. The number of hydrogen-bond acceptors (Lipinski definition) is 4. The molecular weight excluding hydrogens is 701 g/mol. The van der Waals surface area contributed by atoms with Crippen molar-refractivity contribution in [1.29, 1.82) is 0 Å². The van der Waals surface area contributed by atoms with Gasteiger partial charge in [-0.05, 0) is 76.9 Å². The highest BCUT2D eigenvalue weighted by Gasteiger charge is 2.16. The second-order valence-corrected chi connectivity index (χ2v) is 15.1. The van der Waals surface area contributed by atoms with Crippen LogP contribution in [0.2, 0.25) is 0 Å². The van der Waals surface area contributed by atoms with Gasteiger partial charge in [0.1, 0.15) is 0 Å². The topological polar surface area (TPSA) is 43.6 Å². The van der Waals surface area contributed by atoms with Crippen molar-refractivity contribution in [2.24, 2.45) is 0 Å². The van der Waals surface area contributed by atoms with E-state index in [0.717, 1.165) is 22.4 Å². The van der Waals surface area contributed by atoms with Gasteiger partial charge in [-0.15, -0.1) is 11.3 Å². The first-order valence-corrected chi connectivity index (χ1v) is 19.6. The van der Waals surface area contributed by atoms with Gasteiger partial charge in [-0.3, -0.25) is 0 Å². The van der Waals surface area contributed by atoms with Crippen molar-refractivity contribution < 1.29 is 0 Å². The Labute approximate surface area is 327 Å². The lowest BCUT2D eigenvalue weighted by atomic mass is 10.0. The van der Waals surface area contributed by atoms with Gasteiger partial charge in [-0.2, -0.15) is 0 Å². The van der Waals surface area contributed by atoms with E-state index in [1.54, 1.807) is 0 Å². The molecule has 0 atom stereocenters. The summed E-state index contributed by atoms with van der Waals surface area (Å²) in [5, 5.41) is 4.92. The average Bonchev–Trinajstić information content (AvgIpc) is 3.82. The summed E-state index contributed by atoms with van der Waals surface area (Å²) >= 11 is 1.82. The number of thiophene rings is 1. The molecule has 56 heavy (non-hydrogen) atoms. The molecule has 0 aliphatic rings. The SMILES string of the molecule is c1ccc(-c2ccc(-n3c4ccccc4c4cc(-c5ccc6c(c5)sc5ccc(-c7nc(-c8ccccc8)nc(-c8ccccc8)n7)cc56)ccc43)cc2)cc1. The molecule has 0 saturated carbocycles. The number of nitrogens with zero attached hydrogens (tertiary/aromatic N) is 4. The molecule has 0 N–H and O–H groups in total. The largest absolute Gasteiger partial charge is 0.309 e. The van der Waals surface area contributed by atoms with Crippen LogP contribution in [0.15, 0.2) is 194 Å². The van der Waals surface area contributed by atoms with Crippen molar-refractivity contribution in [3.63, 3.8) is 0 Å². The molecule has 5 heteroatoms. The zero-order valence-electron chi connectivity index (χ0n) is 30.2. The third-order valence-corrected chi connectivity index (χ3v) is 11.8. The smallest absolute Gasteiger partial charge is 0.164 e. The third kappa shape index (κ3) is 5.56. The fourth-order valence-corrected chi connectivity index (χ4v) is 9.02. The molecule has 0 bridgehead atoms. The van der Waals surface area contributed by atoms with Crippen molar-refractivity contribution in [2.45, 2.75) is 0 Å². The van der Waals surface area contributed by atoms with Crippen LogP contribution in [-0.4, -0.2) is 19.5 Å². The normalized spacial score (nSPS) is 11.6. The van der Waals surface area contributed by atoms with E-state index < -0.39 is 0 Å². The highest BCUT2D eigenvalue weighted by molar-refractivity contribution is 7.25. The van der Waals surface area contributed by atoms with Gasteiger partial charge < -0.3 is 4.57 Å². The minimum atomic E-state index is 0.662. The molecule has 0 radical (unpaired) electrons. The van der Waals surface area contributed by atoms with Crippen LogP contribution >= 0.6 is 11.3 Å². The van der Waals surface area contributed by atoms with Gasteiger partial charge in [-0.25, -0.2) is 15.0 Å². The van der Waals surface area contributed by atoms with Gasteiger partial charge in [0.05, 0.1) is 11.0 Å². The predicted molar refractivity (Wildman–Crippen MR) is 234 cm³/mol. The Hall–Kier alpha value is -7.21. The lowest BCUT2D eigenvalue weighted by Crippen LogP contribution is -2.00. The maximum atomic E-state index is 4.99. The van der Waals surface area contributed by atoms with Crippen molar-refractivity contribution in [2.75, 3.05) is 0 Å². The zero-order valence-corrected chi connectivity index (χ0v) is 31.0. The van der Waals surface area contributed by atoms with Crippen LogP contribution in [0.4, 0.5) is 0 Å². The van der Waals surface area contributed by atoms with E-state index in [1.807, 2.05) is 72.0 Å². The molecule has 0 unspecified atom stereocenters. The van der Waals surface area contributed by atoms with Crippen molar-refractivity contribution in [3.8, 4) is 62.1 Å². The Morgan fingerprint density at radius 1 is 0.304 bits per heavy atom. The minimum absolute atomic E-state index is 0.662. The monoisotopic (exact) mass is 732 g/mol. The summed E-state index contributed by atoms with van der Waals surface area (Å²) in [5.41, 5.74) is 11.3. The Morgan fingerprint density at radius 2 is 0.804 bits per heavy atom. The molecule has 262 valence electrons. The number of hydrogen-bond donors (Lipinski definition) is 0. The van der Waals surface area contributed by atoms with Crippen LogP contribution in [-0.2, 0) is 0 Å². The number of rotatable bonds is 6. The first-order valence-electron chi connectivity index (χ1n) is 18.8. The second-order valence-electron chi connectivity index (χ2n) is 14.1. The van der Waals surface area contributed by atoms with Crippen LogP contribution in [0.1, 0.15) is 0 Å². The molecule has 0 amide bonds. The van der Waals surface area contributed by atoms with Crippen LogP contribution in [0.5, 0.6) is 0 Å². The Bertz CT molecular complexity index is 3160. The predicted octanol–water partition coefficient (Wildman–Crippen LogP) is 13.7. The van der Waals surface area contributed by atoms with Crippen LogP contribution in [0.25, 0.3) is 104 Å². The molecule has 3 heterocycles. The molecule has 0 spiro atoms. The standard InChI is InChI=1S/C51H32N4S/c1-4-12-33(13-5-1)34-20-25-40(26-21-34)55-45-19-11-10-18-41(45)43-30-37(23-28-46(43)55)38-22-27-42-44-31-39(24-29-47(44)56-48(42)32-38)51-53-49(35-14-6-2-7-15-35)52-50(54-51)36-16-8-3-9-17-36/h1-32H. The van der Waals surface area contributed by atoms with Gasteiger partial charge in [0, 0.05) is 53.3 Å². The lowest BCUT2D eigenvalue weighted by Gasteiger charge is -2.10. The third-order valence-electron chi connectivity index (χ3n) is 10.7. The molecule has 3 aromatic heterocycles. The Balaban J connectivity index is 0.980. The maximum absolute atomic E-state index is 4.99. The molecule has 0 aliphatic heterocycles. The molecule has 8 aromatic carbocycles. The number of fused-ring (bicyclic) bond motifs is 6. The summed E-state index contributed by atoms with van der Waals surface area (Å²) in [6.07, 6.45) is 0. The highest BCUT2D eigenvalue weighted by atomic mass is 32.1. The highest BCUT2D eigenvalue weighted by Crippen LogP contribution is 2.40. The first kappa shape index (κ1) is 32.2. The Kier molecular flexibility index (Phi) is 7.64. The summed E-state index contributed by atoms with van der Waals surface area (Å²) in [6.45, 7) is 0. The molecule has 0 fully saturated rings. The summed E-state index contributed by atoms with van der Waals surface area (Å²) < 4.78 is 4.87. The van der Waals surface area contributed by atoms with E-state index in [2.05, 4.69) is 138 Å². The first-order chi connectivity index (χ1) is 27.7. The fraction of sp³-hybridized carbons (Fsp3) is 0. The molecule has 4 nitrogen and oxygen atoms in total. The molecule has 0 saturated heterocycles. The van der Waals surface area contributed by atoms with E-state index >= 15 is 0 Å². The quantitative estimate of drug-likeness (QED) is 0.171. The fourth-order valence-electron chi connectivity index (χ4n) is 7.90. The van der Waals surface area contributed by atoms with Crippen LogP contribution in [0.3, 0.4) is 0 Å². The summed E-state index contributed by atoms with van der Waals surface area (Å²) in [7, 11) is 0. The van der Waals surface area contributed by atoms with Crippen molar-refractivity contribution in [3.05, 3.63) is 194 Å². The second kappa shape index (κ2) is 13.3. The zero-order chi connectivity index (χ0) is 37.0. The summed E-state index contributed by atoms with van der Waals surface area (Å²) in [4.78, 5) is 14.9. The van der Waals surface area contributed by atoms with E-state index in [-0.39, 0.29) is 0 Å². The molecular formula is C51H32N4S. The molecule has 11 aromatic rings. The van der Waals surface area contributed by atoms with Crippen molar-refractivity contribution >= 4 is 53.3 Å².